The van der Waals surface area contributed by atoms with Crippen LogP contribution in [0, 0.1) is 6.92 Å². The fourth-order valence-corrected chi connectivity index (χ4v) is 2.90. The summed E-state index contributed by atoms with van der Waals surface area (Å²) in [6.07, 6.45) is 0.909. The van der Waals surface area contributed by atoms with Gasteiger partial charge in [-0.25, -0.2) is 0 Å². The topological polar surface area (TPSA) is 44.5 Å². The van der Waals surface area contributed by atoms with Crippen LogP contribution < -0.4 is 15.2 Å². The lowest BCUT2D eigenvalue weighted by molar-refractivity contribution is 0.340. The van der Waals surface area contributed by atoms with E-state index in [0.717, 1.165) is 17.9 Å². The van der Waals surface area contributed by atoms with Gasteiger partial charge in [0.1, 0.15) is 11.5 Å². The molecule has 0 heterocycles. The summed E-state index contributed by atoms with van der Waals surface area (Å²) < 4.78 is 11.2. The van der Waals surface area contributed by atoms with Gasteiger partial charge in [-0.15, -0.1) is 0 Å². The van der Waals surface area contributed by atoms with Crippen molar-refractivity contribution in [2.24, 2.45) is 5.73 Å². The molecule has 0 amide bonds. The van der Waals surface area contributed by atoms with Crippen LogP contribution in [-0.4, -0.2) is 19.8 Å². The quantitative estimate of drug-likeness (QED) is 0.798. The Hall–Kier alpha value is -2.00. The molecule has 3 heteroatoms. The molecular weight excluding hydrogens is 286 g/mol. The molecule has 0 aromatic heterocycles. The van der Waals surface area contributed by atoms with E-state index >= 15 is 0 Å². The monoisotopic (exact) mass is 313 g/mol. The lowest BCUT2D eigenvalue weighted by atomic mass is 9.89. The van der Waals surface area contributed by atoms with Gasteiger partial charge in [0, 0.05) is 5.92 Å². The van der Waals surface area contributed by atoms with E-state index in [1.165, 1.54) is 16.7 Å². The molecule has 2 aromatic rings. The summed E-state index contributed by atoms with van der Waals surface area (Å²) in [5.41, 5.74) is 9.82. The molecule has 0 bridgehead atoms. The molecule has 0 aliphatic carbocycles. The Bertz CT molecular complexity index is 625. The average Bonchev–Trinajstić information content (AvgIpc) is 2.54. The maximum absolute atomic E-state index is 6.05. The number of nitrogens with two attached hydrogens (primary N) is 1. The predicted octanol–water partition coefficient (Wildman–Crippen LogP) is 4.08. The van der Waals surface area contributed by atoms with Gasteiger partial charge in [-0.1, -0.05) is 18.2 Å². The zero-order chi connectivity index (χ0) is 16.7. The largest absolute Gasteiger partial charge is 0.494 e. The van der Waals surface area contributed by atoms with Crippen LogP contribution in [0.3, 0.4) is 0 Å². The fraction of sp³-hybridized carbons (Fsp3) is 0.400. The minimum absolute atomic E-state index is 0.294. The third kappa shape index (κ3) is 4.73. The molecule has 0 saturated carbocycles. The highest BCUT2D eigenvalue weighted by atomic mass is 16.5. The highest BCUT2D eigenvalue weighted by Crippen LogP contribution is 2.27. The Balaban J connectivity index is 2.18. The van der Waals surface area contributed by atoms with Crippen molar-refractivity contribution in [1.29, 1.82) is 0 Å². The van der Waals surface area contributed by atoms with Crippen molar-refractivity contribution in [1.82, 2.24) is 0 Å². The van der Waals surface area contributed by atoms with Crippen molar-refractivity contribution in [3.63, 3.8) is 0 Å². The summed E-state index contributed by atoms with van der Waals surface area (Å²) in [7, 11) is 0. The Kier molecular flexibility index (Phi) is 6.48. The second-order valence-electron chi connectivity index (χ2n) is 5.67. The van der Waals surface area contributed by atoms with E-state index in [0.29, 0.717) is 25.7 Å². The molecule has 1 unspecified atom stereocenters. The molecule has 0 spiro atoms. The molecule has 0 fully saturated rings. The van der Waals surface area contributed by atoms with Crippen LogP contribution in [0.1, 0.15) is 36.5 Å². The molecule has 3 nitrogen and oxygen atoms in total. The maximum Gasteiger partial charge on any atom is 0.119 e. The lowest BCUT2D eigenvalue weighted by Crippen LogP contribution is -2.16. The van der Waals surface area contributed by atoms with Crippen molar-refractivity contribution in [2.45, 2.75) is 33.1 Å². The third-order valence-corrected chi connectivity index (χ3v) is 3.97. The molecule has 23 heavy (non-hydrogen) atoms. The van der Waals surface area contributed by atoms with Crippen LogP contribution >= 0.6 is 0 Å². The van der Waals surface area contributed by atoms with E-state index in [-0.39, 0.29) is 0 Å². The summed E-state index contributed by atoms with van der Waals surface area (Å²) >= 11 is 0. The molecule has 124 valence electrons. The van der Waals surface area contributed by atoms with E-state index in [4.69, 9.17) is 15.2 Å². The molecule has 0 aliphatic rings. The molecule has 2 aromatic carbocycles. The summed E-state index contributed by atoms with van der Waals surface area (Å²) in [6.45, 7) is 8.10. The van der Waals surface area contributed by atoms with Gasteiger partial charge < -0.3 is 15.2 Å². The number of aryl methyl sites for hydroxylation is 1. The van der Waals surface area contributed by atoms with Crippen LogP contribution in [-0.2, 0) is 6.42 Å². The Labute approximate surface area is 139 Å². The molecule has 0 aliphatic heterocycles. The highest BCUT2D eigenvalue weighted by molar-refractivity contribution is 5.38. The summed E-state index contributed by atoms with van der Waals surface area (Å²) in [6, 6.07) is 14.5. The Morgan fingerprint density at radius 3 is 2.26 bits per heavy atom. The van der Waals surface area contributed by atoms with Crippen molar-refractivity contribution in [2.75, 3.05) is 19.8 Å². The van der Waals surface area contributed by atoms with E-state index < -0.39 is 0 Å². The number of rotatable bonds is 8. The van der Waals surface area contributed by atoms with E-state index in [2.05, 4.69) is 31.2 Å². The SMILES string of the molecule is CCOc1cccc(CC(CN)c2ccc(OCC)cc2C)c1. The molecule has 1 atom stereocenters. The molecular formula is C20H27NO2. The van der Waals surface area contributed by atoms with Crippen LogP contribution in [0.15, 0.2) is 42.5 Å². The van der Waals surface area contributed by atoms with Gasteiger partial charge >= 0.3 is 0 Å². The first-order valence-electron chi connectivity index (χ1n) is 8.33. The van der Waals surface area contributed by atoms with Crippen molar-refractivity contribution in [3.05, 3.63) is 59.2 Å². The van der Waals surface area contributed by atoms with E-state index in [1.807, 2.05) is 32.0 Å². The Morgan fingerprint density at radius 2 is 1.65 bits per heavy atom. The minimum Gasteiger partial charge on any atom is -0.494 e. The van der Waals surface area contributed by atoms with Crippen molar-refractivity contribution in [3.8, 4) is 11.5 Å². The van der Waals surface area contributed by atoms with Crippen molar-refractivity contribution < 1.29 is 9.47 Å². The smallest absolute Gasteiger partial charge is 0.119 e. The standard InChI is InChI=1S/C20H27NO2/c1-4-22-18-8-6-7-16(13-18)12-17(14-21)20-10-9-19(23-5-2)11-15(20)3/h6-11,13,17H,4-5,12,14,21H2,1-3H3. The molecule has 0 radical (unpaired) electrons. The second-order valence-corrected chi connectivity index (χ2v) is 5.67. The third-order valence-electron chi connectivity index (χ3n) is 3.97. The van der Waals surface area contributed by atoms with Gasteiger partial charge in [0.25, 0.3) is 0 Å². The normalized spacial score (nSPS) is 12.0. The average molecular weight is 313 g/mol. The van der Waals surface area contributed by atoms with Gasteiger partial charge in [0.2, 0.25) is 0 Å². The number of ether oxygens (including phenoxy) is 2. The number of hydrogen-bond acceptors (Lipinski definition) is 3. The fourth-order valence-electron chi connectivity index (χ4n) is 2.90. The second kappa shape index (κ2) is 8.59. The summed E-state index contributed by atoms with van der Waals surface area (Å²) in [4.78, 5) is 0. The first-order valence-corrected chi connectivity index (χ1v) is 8.33. The van der Waals surface area contributed by atoms with Gasteiger partial charge in [0.15, 0.2) is 0 Å². The van der Waals surface area contributed by atoms with Gasteiger partial charge in [-0.2, -0.15) is 0 Å². The minimum atomic E-state index is 0.294. The molecule has 0 saturated heterocycles. The summed E-state index contributed by atoms with van der Waals surface area (Å²) in [5.74, 6) is 2.13. The predicted molar refractivity (Wildman–Crippen MR) is 95.5 cm³/mol. The maximum atomic E-state index is 6.05. The van der Waals surface area contributed by atoms with Crippen molar-refractivity contribution >= 4 is 0 Å². The molecule has 2 rings (SSSR count). The highest BCUT2D eigenvalue weighted by Gasteiger charge is 2.14. The zero-order valence-electron chi connectivity index (χ0n) is 14.3. The summed E-state index contributed by atoms with van der Waals surface area (Å²) in [5, 5.41) is 0. The number of hydrogen-bond donors (Lipinski definition) is 1. The van der Waals surface area contributed by atoms with Crippen LogP contribution in [0.4, 0.5) is 0 Å². The van der Waals surface area contributed by atoms with E-state index in [1.54, 1.807) is 0 Å². The van der Waals surface area contributed by atoms with Gasteiger partial charge in [-0.3, -0.25) is 0 Å². The van der Waals surface area contributed by atoms with Crippen LogP contribution in [0.25, 0.3) is 0 Å². The van der Waals surface area contributed by atoms with E-state index in [9.17, 15) is 0 Å². The first-order chi connectivity index (χ1) is 11.2. The zero-order valence-corrected chi connectivity index (χ0v) is 14.3. The van der Waals surface area contributed by atoms with Gasteiger partial charge in [-0.05, 0) is 74.7 Å². The van der Waals surface area contributed by atoms with Crippen LogP contribution in [0.5, 0.6) is 11.5 Å². The first kappa shape index (κ1) is 17.4. The Morgan fingerprint density at radius 1 is 0.957 bits per heavy atom. The van der Waals surface area contributed by atoms with Gasteiger partial charge in [0.05, 0.1) is 13.2 Å². The molecule has 2 N–H and O–H groups in total. The van der Waals surface area contributed by atoms with Crippen LogP contribution in [0.2, 0.25) is 0 Å². The lowest BCUT2D eigenvalue weighted by Gasteiger charge is -2.19. The number of benzene rings is 2.